The van der Waals surface area contributed by atoms with Crippen LogP contribution in [0.1, 0.15) is 50.1 Å². The molecule has 0 aliphatic carbocycles. The van der Waals surface area contributed by atoms with E-state index in [0.717, 1.165) is 58.3 Å². The van der Waals surface area contributed by atoms with Gasteiger partial charge in [0.25, 0.3) is 0 Å². The Morgan fingerprint density at radius 2 is 1.73 bits per heavy atom. The molecule has 0 saturated carbocycles. The standard InChI is InChI=1S/C27H29N5O/c1-3-4-9-23-30-25-26(21-7-5-6-8-22(21)29-27(25)28)32(23)17-20-13-11-19(12-14-20)16-31-18(2)10-15-24(31)33/h5-8,10-14H,3-4,9,15-17H2,1-2H3,(H2,28,29). The molecule has 2 aromatic heterocycles. The van der Waals surface area contributed by atoms with Crippen LogP contribution in [0.4, 0.5) is 5.82 Å². The van der Waals surface area contributed by atoms with Gasteiger partial charge in [-0.25, -0.2) is 9.97 Å². The molecule has 2 aromatic carbocycles. The molecule has 4 aromatic rings. The van der Waals surface area contributed by atoms with E-state index in [9.17, 15) is 4.79 Å². The van der Waals surface area contributed by atoms with Crippen LogP contribution in [0.3, 0.4) is 0 Å². The van der Waals surface area contributed by atoms with Gasteiger partial charge in [0.05, 0.1) is 17.6 Å². The fraction of sp³-hybridized carbons (Fsp3) is 0.296. The molecule has 3 heterocycles. The molecule has 0 unspecified atom stereocenters. The summed E-state index contributed by atoms with van der Waals surface area (Å²) in [7, 11) is 0. The smallest absolute Gasteiger partial charge is 0.230 e. The minimum atomic E-state index is 0.167. The molecule has 0 spiro atoms. The topological polar surface area (TPSA) is 77.0 Å². The highest BCUT2D eigenvalue weighted by atomic mass is 16.2. The lowest BCUT2D eigenvalue weighted by Crippen LogP contribution is -2.23. The van der Waals surface area contributed by atoms with Crippen LogP contribution in [0.25, 0.3) is 21.9 Å². The molecule has 1 aliphatic heterocycles. The summed E-state index contributed by atoms with van der Waals surface area (Å²) in [6, 6.07) is 16.7. The minimum Gasteiger partial charge on any atom is -0.382 e. The number of carbonyl (C=O) groups is 1. The monoisotopic (exact) mass is 439 g/mol. The van der Waals surface area contributed by atoms with Gasteiger partial charge < -0.3 is 15.2 Å². The number of hydrogen-bond donors (Lipinski definition) is 1. The molecule has 5 rings (SSSR count). The van der Waals surface area contributed by atoms with Gasteiger partial charge >= 0.3 is 0 Å². The Morgan fingerprint density at radius 3 is 2.42 bits per heavy atom. The summed E-state index contributed by atoms with van der Waals surface area (Å²) in [6.07, 6.45) is 5.58. The molecule has 2 N–H and O–H groups in total. The number of pyridine rings is 1. The van der Waals surface area contributed by atoms with E-state index in [2.05, 4.69) is 46.8 Å². The number of imidazole rings is 1. The van der Waals surface area contributed by atoms with Crippen molar-refractivity contribution in [2.75, 3.05) is 5.73 Å². The molecule has 0 fully saturated rings. The third-order valence-corrected chi connectivity index (χ3v) is 6.45. The number of unbranched alkanes of at least 4 members (excludes halogenated alkanes) is 1. The van der Waals surface area contributed by atoms with Gasteiger partial charge in [-0.3, -0.25) is 4.79 Å². The van der Waals surface area contributed by atoms with Crippen LogP contribution in [0, 0.1) is 0 Å². The maximum atomic E-state index is 12.1. The van der Waals surface area contributed by atoms with E-state index in [1.54, 1.807) is 0 Å². The van der Waals surface area contributed by atoms with Crippen molar-refractivity contribution < 1.29 is 4.79 Å². The van der Waals surface area contributed by atoms with Gasteiger partial charge in [0, 0.05) is 30.5 Å². The van der Waals surface area contributed by atoms with E-state index in [-0.39, 0.29) is 5.91 Å². The predicted molar refractivity (Wildman–Crippen MR) is 133 cm³/mol. The SMILES string of the molecule is CCCCc1nc2c(N)nc3ccccc3c2n1Cc1ccc(CN2C(=O)CC=C2C)cc1. The van der Waals surface area contributed by atoms with E-state index >= 15 is 0 Å². The summed E-state index contributed by atoms with van der Waals surface area (Å²) in [4.78, 5) is 23.5. The van der Waals surface area contributed by atoms with E-state index in [1.807, 2.05) is 36.1 Å². The van der Waals surface area contributed by atoms with Crippen molar-refractivity contribution >= 4 is 33.7 Å². The van der Waals surface area contributed by atoms with Crippen molar-refractivity contribution in [3.05, 3.63) is 77.3 Å². The second kappa shape index (κ2) is 8.70. The Kier molecular flexibility index (Phi) is 5.58. The van der Waals surface area contributed by atoms with Crippen molar-refractivity contribution in [3.8, 4) is 0 Å². The third kappa shape index (κ3) is 3.97. The molecular weight excluding hydrogens is 410 g/mol. The summed E-state index contributed by atoms with van der Waals surface area (Å²) in [5, 5.41) is 1.07. The van der Waals surface area contributed by atoms with Gasteiger partial charge in [0.15, 0.2) is 5.82 Å². The number of fused-ring (bicyclic) bond motifs is 3. The number of aryl methyl sites for hydroxylation is 1. The number of benzene rings is 2. The summed E-state index contributed by atoms with van der Waals surface area (Å²) in [5.74, 6) is 1.69. The van der Waals surface area contributed by atoms with Crippen LogP contribution in [-0.2, 0) is 24.3 Å². The van der Waals surface area contributed by atoms with Crippen molar-refractivity contribution in [2.24, 2.45) is 0 Å². The normalized spacial score (nSPS) is 13.9. The molecule has 168 valence electrons. The number of nitrogens with two attached hydrogens (primary N) is 1. The molecule has 0 bridgehead atoms. The van der Waals surface area contributed by atoms with E-state index in [0.29, 0.717) is 25.3 Å². The summed E-state index contributed by atoms with van der Waals surface area (Å²) in [6.45, 7) is 5.51. The second-order valence-corrected chi connectivity index (χ2v) is 8.78. The first-order chi connectivity index (χ1) is 16.0. The number of aromatic nitrogens is 3. The highest BCUT2D eigenvalue weighted by Crippen LogP contribution is 2.30. The molecule has 1 amide bonds. The first-order valence-corrected chi connectivity index (χ1v) is 11.6. The number of nitrogens with zero attached hydrogens (tertiary/aromatic N) is 4. The largest absolute Gasteiger partial charge is 0.382 e. The van der Waals surface area contributed by atoms with E-state index in [1.165, 1.54) is 5.56 Å². The van der Waals surface area contributed by atoms with Gasteiger partial charge in [-0.1, -0.05) is 61.9 Å². The Labute approximate surface area is 193 Å². The predicted octanol–water partition coefficient (Wildman–Crippen LogP) is 5.19. The second-order valence-electron chi connectivity index (χ2n) is 8.78. The summed E-state index contributed by atoms with van der Waals surface area (Å²) >= 11 is 0. The number of allylic oxidation sites excluding steroid dienone is 1. The number of carbonyl (C=O) groups excluding carboxylic acids is 1. The average Bonchev–Trinajstić information content (AvgIpc) is 3.34. The Balaban J connectivity index is 1.51. The maximum absolute atomic E-state index is 12.1. The third-order valence-electron chi connectivity index (χ3n) is 6.45. The molecular formula is C27H29N5O. The number of rotatable bonds is 7. The fourth-order valence-electron chi connectivity index (χ4n) is 4.58. The summed E-state index contributed by atoms with van der Waals surface area (Å²) in [5.41, 5.74) is 12.4. The first kappa shape index (κ1) is 21.2. The number of amides is 1. The lowest BCUT2D eigenvalue weighted by atomic mass is 10.1. The van der Waals surface area contributed by atoms with Crippen LogP contribution in [-0.4, -0.2) is 25.3 Å². The molecule has 6 nitrogen and oxygen atoms in total. The van der Waals surface area contributed by atoms with Gasteiger partial charge in [-0.15, -0.1) is 0 Å². The van der Waals surface area contributed by atoms with Gasteiger partial charge in [-0.05, 0) is 30.5 Å². The number of hydrogen-bond acceptors (Lipinski definition) is 4. The van der Waals surface area contributed by atoms with Crippen LogP contribution < -0.4 is 5.73 Å². The van der Waals surface area contributed by atoms with Crippen molar-refractivity contribution in [1.82, 2.24) is 19.4 Å². The Bertz CT molecular complexity index is 1370. The van der Waals surface area contributed by atoms with E-state index < -0.39 is 0 Å². The number of para-hydroxylation sites is 1. The van der Waals surface area contributed by atoms with Crippen LogP contribution in [0.15, 0.2) is 60.3 Å². The molecule has 0 saturated heterocycles. The van der Waals surface area contributed by atoms with Crippen LogP contribution in [0.5, 0.6) is 0 Å². The van der Waals surface area contributed by atoms with Gasteiger partial charge in [0.1, 0.15) is 11.3 Å². The zero-order valence-corrected chi connectivity index (χ0v) is 19.2. The lowest BCUT2D eigenvalue weighted by molar-refractivity contribution is -0.127. The van der Waals surface area contributed by atoms with Crippen LogP contribution >= 0.6 is 0 Å². The maximum Gasteiger partial charge on any atom is 0.230 e. The van der Waals surface area contributed by atoms with Gasteiger partial charge in [-0.2, -0.15) is 0 Å². The zero-order valence-electron chi connectivity index (χ0n) is 19.2. The molecule has 6 heteroatoms. The fourth-order valence-corrected chi connectivity index (χ4v) is 4.58. The summed E-state index contributed by atoms with van der Waals surface area (Å²) < 4.78 is 2.30. The molecule has 1 aliphatic rings. The number of nitrogen functional groups attached to an aromatic ring is 1. The van der Waals surface area contributed by atoms with Crippen LogP contribution in [0.2, 0.25) is 0 Å². The Hall–Kier alpha value is -3.67. The first-order valence-electron chi connectivity index (χ1n) is 11.6. The highest BCUT2D eigenvalue weighted by Gasteiger charge is 2.21. The van der Waals surface area contributed by atoms with Crippen molar-refractivity contribution in [1.29, 1.82) is 0 Å². The number of anilines is 1. The zero-order chi connectivity index (χ0) is 22.9. The minimum absolute atomic E-state index is 0.167. The highest BCUT2D eigenvalue weighted by molar-refractivity contribution is 6.06. The molecule has 33 heavy (non-hydrogen) atoms. The van der Waals surface area contributed by atoms with Crippen molar-refractivity contribution in [3.63, 3.8) is 0 Å². The molecule has 0 radical (unpaired) electrons. The average molecular weight is 440 g/mol. The Morgan fingerprint density at radius 1 is 1.00 bits per heavy atom. The van der Waals surface area contributed by atoms with Gasteiger partial charge in [0.2, 0.25) is 5.91 Å². The van der Waals surface area contributed by atoms with Crippen molar-refractivity contribution in [2.45, 2.75) is 52.6 Å². The van der Waals surface area contributed by atoms with E-state index in [4.69, 9.17) is 10.7 Å². The molecule has 0 atom stereocenters. The lowest BCUT2D eigenvalue weighted by Gasteiger charge is -2.18. The quantitative estimate of drug-likeness (QED) is 0.430.